The SMILES string of the molecule is C=C(C)/C=C\C(=C)CCCCCCCCCCC1CCCC1. The second-order valence-corrected chi connectivity index (χ2v) is 7.36. The van der Waals surface area contributed by atoms with E-state index in [9.17, 15) is 0 Å². The molecule has 0 N–H and O–H groups in total. The van der Waals surface area contributed by atoms with Crippen molar-refractivity contribution in [2.24, 2.45) is 5.92 Å². The third-order valence-corrected chi connectivity index (χ3v) is 4.94. The highest BCUT2D eigenvalue weighted by Crippen LogP contribution is 2.29. The Labute approximate surface area is 139 Å². The molecule has 0 aromatic carbocycles. The summed E-state index contributed by atoms with van der Waals surface area (Å²) in [6.07, 6.45) is 24.2. The van der Waals surface area contributed by atoms with Crippen LogP contribution < -0.4 is 0 Å². The first-order valence-corrected chi connectivity index (χ1v) is 9.70. The standard InChI is InChI=1S/C22H38/c1-20(2)18-19-21(3)14-10-8-6-4-5-7-9-11-15-22-16-12-13-17-22/h18-19,22H,1,3-17H2,2H3/b19-18-. The van der Waals surface area contributed by atoms with Crippen LogP contribution in [-0.4, -0.2) is 0 Å². The molecule has 1 aliphatic carbocycles. The fraction of sp³-hybridized carbons (Fsp3) is 0.727. The van der Waals surface area contributed by atoms with Crippen molar-refractivity contribution in [3.05, 3.63) is 36.5 Å². The van der Waals surface area contributed by atoms with Gasteiger partial charge in [-0.3, -0.25) is 0 Å². The molecule has 126 valence electrons. The molecule has 22 heavy (non-hydrogen) atoms. The average molecular weight is 303 g/mol. The average Bonchev–Trinajstić information content (AvgIpc) is 3.00. The van der Waals surface area contributed by atoms with E-state index in [0.717, 1.165) is 17.9 Å². The van der Waals surface area contributed by atoms with Gasteiger partial charge < -0.3 is 0 Å². The number of allylic oxidation sites excluding steroid dienone is 4. The molecule has 1 saturated carbocycles. The minimum atomic E-state index is 1.09. The van der Waals surface area contributed by atoms with Gasteiger partial charge in [-0.2, -0.15) is 0 Å². The van der Waals surface area contributed by atoms with Crippen LogP contribution in [0.25, 0.3) is 0 Å². The number of rotatable bonds is 13. The molecule has 0 aliphatic heterocycles. The van der Waals surface area contributed by atoms with Crippen LogP contribution in [0.3, 0.4) is 0 Å². The lowest BCUT2D eigenvalue weighted by molar-refractivity contribution is 0.460. The van der Waals surface area contributed by atoms with Gasteiger partial charge in [-0.25, -0.2) is 0 Å². The van der Waals surface area contributed by atoms with Gasteiger partial charge in [0.2, 0.25) is 0 Å². The van der Waals surface area contributed by atoms with E-state index in [0.29, 0.717) is 0 Å². The van der Waals surface area contributed by atoms with Crippen molar-refractivity contribution >= 4 is 0 Å². The Balaban J connectivity index is 1.79. The van der Waals surface area contributed by atoms with Crippen molar-refractivity contribution in [2.75, 3.05) is 0 Å². The van der Waals surface area contributed by atoms with E-state index in [2.05, 4.69) is 25.3 Å². The van der Waals surface area contributed by atoms with Crippen molar-refractivity contribution in [3.63, 3.8) is 0 Å². The minimum Gasteiger partial charge on any atom is -0.0961 e. The van der Waals surface area contributed by atoms with Crippen LogP contribution in [0.15, 0.2) is 36.5 Å². The largest absolute Gasteiger partial charge is 0.0961 e. The monoisotopic (exact) mass is 302 g/mol. The van der Waals surface area contributed by atoms with E-state index < -0.39 is 0 Å². The molecule has 0 heterocycles. The van der Waals surface area contributed by atoms with Crippen molar-refractivity contribution in [1.82, 2.24) is 0 Å². The molecule has 0 saturated heterocycles. The maximum absolute atomic E-state index is 4.10. The fourth-order valence-corrected chi connectivity index (χ4v) is 3.49. The van der Waals surface area contributed by atoms with E-state index in [1.807, 2.05) is 6.92 Å². The summed E-state index contributed by atoms with van der Waals surface area (Å²) in [4.78, 5) is 0. The minimum absolute atomic E-state index is 1.09. The summed E-state index contributed by atoms with van der Waals surface area (Å²) in [5.74, 6) is 1.09. The predicted molar refractivity (Wildman–Crippen MR) is 101 cm³/mol. The molecular weight excluding hydrogens is 264 g/mol. The van der Waals surface area contributed by atoms with Crippen LogP contribution in [-0.2, 0) is 0 Å². The molecular formula is C22H38. The molecule has 0 bridgehead atoms. The lowest BCUT2D eigenvalue weighted by atomic mass is 9.98. The normalized spacial score (nSPS) is 15.7. The van der Waals surface area contributed by atoms with Crippen molar-refractivity contribution in [1.29, 1.82) is 0 Å². The van der Waals surface area contributed by atoms with Gasteiger partial charge in [-0.15, -0.1) is 0 Å². The fourth-order valence-electron chi connectivity index (χ4n) is 3.49. The van der Waals surface area contributed by atoms with Crippen LogP contribution in [0, 0.1) is 5.92 Å². The van der Waals surface area contributed by atoms with Crippen LogP contribution in [0.4, 0.5) is 0 Å². The van der Waals surface area contributed by atoms with Gasteiger partial charge in [-0.05, 0) is 25.7 Å². The summed E-state index contributed by atoms with van der Waals surface area (Å²) < 4.78 is 0. The topological polar surface area (TPSA) is 0 Å². The molecule has 0 heteroatoms. The quantitative estimate of drug-likeness (QED) is 0.241. The number of hydrogen-bond acceptors (Lipinski definition) is 0. The summed E-state index contributed by atoms with van der Waals surface area (Å²) in [6, 6.07) is 0. The van der Waals surface area contributed by atoms with E-state index >= 15 is 0 Å². The molecule has 0 unspecified atom stereocenters. The highest BCUT2D eigenvalue weighted by atomic mass is 14.2. The first-order chi connectivity index (χ1) is 10.7. The summed E-state index contributed by atoms with van der Waals surface area (Å²) in [5.41, 5.74) is 2.35. The molecule has 0 nitrogen and oxygen atoms in total. The summed E-state index contributed by atoms with van der Waals surface area (Å²) in [7, 11) is 0. The van der Waals surface area contributed by atoms with Gasteiger partial charge in [0.05, 0.1) is 0 Å². The predicted octanol–water partition coefficient (Wildman–Crippen LogP) is 7.77. The molecule has 1 rings (SSSR count). The van der Waals surface area contributed by atoms with Crippen LogP contribution in [0.5, 0.6) is 0 Å². The van der Waals surface area contributed by atoms with Crippen LogP contribution in [0.2, 0.25) is 0 Å². The maximum atomic E-state index is 4.10. The molecule has 0 atom stereocenters. The Bertz CT molecular complexity index is 328. The first-order valence-electron chi connectivity index (χ1n) is 9.70. The van der Waals surface area contributed by atoms with Gasteiger partial charge in [-0.1, -0.05) is 114 Å². The van der Waals surface area contributed by atoms with E-state index in [4.69, 9.17) is 0 Å². The van der Waals surface area contributed by atoms with E-state index in [-0.39, 0.29) is 0 Å². The van der Waals surface area contributed by atoms with Crippen LogP contribution >= 0.6 is 0 Å². The molecule has 0 spiro atoms. The molecule has 0 aromatic rings. The maximum Gasteiger partial charge on any atom is -0.0285 e. The summed E-state index contributed by atoms with van der Waals surface area (Å²) >= 11 is 0. The van der Waals surface area contributed by atoms with Crippen molar-refractivity contribution < 1.29 is 0 Å². The molecule has 1 aliphatic rings. The Hall–Kier alpha value is -0.780. The van der Waals surface area contributed by atoms with Gasteiger partial charge in [0.15, 0.2) is 0 Å². The molecule has 1 fully saturated rings. The highest BCUT2D eigenvalue weighted by molar-refractivity contribution is 5.22. The van der Waals surface area contributed by atoms with Crippen LogP contribution in [0.1, 0.15) is 96.8 Å². The zero-order valence-corrected chi connectivity index (χ0v) is 15.0. The smallest absolute Gasteiger partial charge is 0.0285 e. The van der Waals surface area contributed by atoms with Crippen molar-refractivity contribution in [3.8, 4) is 0 Å². The Morgan fingerprint density at radius 2 is 1.36 bits per heavy atom. The Kier molecular flexibility index (Phi) is 11.2. The number of hydrogen-bond donors (Lipinski definition) is 0. The molecule has 0 amide bonds. The summed E-state index contributed by atoms with van der Waals surface area (Å²) in [6.45, 7) is 10.00. The zero-order chi connectivity index (χ0) is 16.0. The second-order valence-electron chi connectivity index (χ2n) is 7.36. The second kappa shape index (κ2) is 12.7. The van der Waals surface area contributed by atoms with E-state index in [1.165, 1.54) is 89.0 Å². The lowest BCUT2D eigenvalue weighted by Gasteiger charge is -2.08. The number of unbranched alkanes of at least 4 members (excludes halogenated alkanes) is 7. The van der Waals surface area contributed by atoms with Gasteiger partial charge >= 0.3 is 0 Å². The lowest BCUT2D eigenvalue weighted by Crippen LogP contribution is -1.92. The van der Waals surface area contributed by atoms with Gasteiger partial charge in [0.25, 0.3) is 0 Å². The molecule has 0 radical (unpaired) electrons. The van der Waals surface area contributed by atoms with E-state index in [1.54, 1.807) is 0 Å². The van der Waals surface area contributed by atoms with Gasteiger partial charge in [0.1, 0.15) is 0 Å². The third-order valence-electron chi connectivity index (χ3n) is 4.94. The Morgan fingerprint density at radius 1 is 0.818 bits per heavy atom. The summed E-state index contributed by atoms with van der Waals surface area (Å²) in [5, 5.41) is 0. The van der Waals surface area contributed by atoms with Crippen molar-refractivity contribution in [2.45, 2.75) is 96.8 Å². The first kappa shape index (κ1) is 19.3. The third kappa shape index (κ3) is 10.9. The zero-order valence-electron chi connectivity index (χ0n) is 15.0. The van der Waals surface area contributed by atoms with Gasteiger partial charge in [0, 0.05) is 0 Å². The Morgan fingerprint density at radius 3 is 1.95 bits per heavy atom. The molecule has 0 aromatic heterocycles. The highest BCUT2D eigenvalue weighted by Gasteiger charge is 2.13.